The molecule has 1 amide bonds. The van der Waals surface area contributed by atoms with E-state index in [-0.39, 0.29) is 5.91 Å². The van der Waals surface area contributed by atoms with Crippen LogP contribution in [0.3, 0.4) is 0 Å². The molecule has 0 aliphatic carbocycles. The monoisotopic (exact) mass is 278 g/mol. The Bertz CT molecular complexity index is 488. The van der Waals surface area contributed by atoms with Crippen LogP contribution in [0.1, 0.15) is 17.5 Å². The number of methoxy groups -OCH3 is 2. The number of nitrogens with two attached hydrogens (primary N) is 1. The van der Waals surface area contributed by atoms with Gasteiger partial charge in [-0.15, -0.1) is 0 Å². The van der Waals surface area contributed by atoms with Crippen molar-refractivity contribution in [1.29, 1.82) is 0 Å². The molecule has 0 bridgehead atoms. The predicted octanol–water partition coefficient (Wildman–Crippen LogP) is 0.980. The number of hydrogen-bond donors (Lipinski definition) is 1. The second-order valence-electron chi connectivity index (χ2n) is 4.93. The Kier molecular flexibility index (Phi) is 4.84. The van der Waals surface area contributed by atoms with E-state index in [1.807, 2.05) is 17.0 Å². The molecule has 0 saturated heterocycles. The summed E-state index contributed by atoms with van der Waals surface area (Å²) < 4.78 is 10.6. The van der Waals surface area contributed by atoms with Crippen LogP contribution in [0.2, 0.25) is 0 Å². The van der Waals surface area contributed by atoms with E-state index >= 15 is 0 Å². The Balaban J connectivity index is 2.24. The summed E-state index contributed by atoms with van der Waals surface area (Å²) in [4.78, 5) is 14.1. The number of amides is 1. The molecule has 1 aliphatic heterocycles. The first kappa shape index (κ1) is 14.7. The van der Waals surface area contributed by atoms with Gasteiger partial charge in [-0.05, 0) is 42.6 Å². The number of carbonyl (C=O) groups excluding carboxylic acids is 1. The van der Waals surface area contributed by atoms with Crippen molar-refractivity contribution in [2.45, 2.75) is 19.3 Å². The summed E-state index contributed by atoms with van der Waals surface area (Å²) in [6.07, 6.45) is 2.10. The average Bonchev–Trinajstić information content (AvgIpc) is 2.61. The van der Waals surface area contributed by atoms with Gasteiger partial charge in [-0.2, -0.15) is 0 Å². The van der Waals surface area contributed by atoms with Gasteiger partial charge < -0.3 is 20.1 Å². The minimum atomic E-state index is 0.157. The molecule has 0 saturated carbocycles. The van der Waals surface area contributed by atoms with Crippen molar-refractivity contribution in [3.8, 4) is 11.5 Å². The van der Waals surface area contributed by atoms with E-state index < -0.39 is 0 Å². The van der Waals surface area contributed by atoms with Gasteiger partial charge in [0, 0.05) is 13.1 Å². The maximum absolute atomic E-state index is 12.3. The first-order valence-corrected chi connectivity index (χ1v) is 6.91. The third-order valence-corrected chi connectivity index (χ3v) is 3.68. The molecule has 2 N–H and O–H groups in total. The van der Waals surface area contributed by atoms with Gasteiger partial charge in [0.2, 0.25) is 5.91 Å². The first-order valence-electron chi connectivity index (χ1n) is 6.91. The van der Waals surface area contributed by atoms with Gasteiger partial charge in [-0.3, -0.25) is 4.79 Å². The Morgan fingerprint density at radius 1 is 1.20 bits per heavy atom. The second kappa shape index (κ2) is 6.61. The molecule has 0 radical (unpaired) electrons. The summed E-state index contributed by atoms with van der Waals surface area (Å²) in [5.41, 5.74) is 7.71. The quantitative estimate of drug-likeness (QED) is 0.872. The van der Waals surface area contributed by atoms with Crippen molar-refractivity contribution >= 4 is 5.91 Å². The minimum absolute atomic E-state index is 0.157. The van der Waals surface area contributed by atoms with Crippen LogP contribution in [-0.2, 0) is 17.6 Å². The van der Waals surface area contributed by atoms with Gasteiger partial charge in [0.15, 0.2) is 11.5 Å². The fraction of sp³-hybridized carbons (Fsp3) is 0.533. The summed E-state index contributed by atoms with van der Waals surface area (Å²) in [5, 5.41) is 0. The van der Waals surface area contributed by atoms with Gasteiger partial charge >= 0.3 is 0 Å². The Hall–Kier alpha value is -1.75. The fourth-order valence-electron chi connectivity index (χ4n) is 2.53. The molecule has 1 aliphatic rings. The van der Waals surface area contributed by atoms with E-state index in [1.165, 1.54) is 0 Å². The molecule has 0 spiro atoms. The molecule has 20 heavy (non-hydrogen) atoms. The summed E-state index contributed by atoms with van der Waals surface area (Å²) in [7, 11) is 3.23. The van der Waals surface area contributed by atoms with E-state index in [4.69, 9.17) is 15.2 Å². The van der Waals surface area contributed by atoms with Crippen LogP contribution >= 0.6 is 0 Å². The fourth-order valence-corrected chi connectivity index (χ4v) is 2.53. The van der Waals surface area contributed by atoms with E-state index in [1.54, 1.807) is 14.2 Å². The van der Waals surface area contributed by atoms with Crippen LogP contribution in [0.25, 0.3) is 0 Å². The maximum Gasteiger partial charge on any atom is 0.227 e. The zero-order valence-electron chi connectivity index (χ0n) is 12.1. The largest absolute Gasteiger partial charge is 0.493 e. The van der Waals surface area contributed by atoms with Crippen molar-refractivity contribution in [2.24, 2.45) is 5.73 Å². The molecular weight excluding hydrogens is 256 g/mol. The summed E-state index contributed by atoms with van der Waals surface area (Å²) >= 11 is 0. The first-order chi connectivity index (χ1) is 9.69. The van der Waals surface area contributed by atoms with Crippen LogP contribution in [-0.4, -0.2) is 44.7 Å². The van der Waals surface area contributed by atoms with Gasteiger partial charge in [0.25, 0.3) is 0 Å². The number of fused-ring (bicyclic) bond motifs is 1. The topological polar surface area (TPSA) is 64.8 Å². The highest BCUT2D eigenvalue weighted by Crippen LogP contribution is 2.32. The van der Waals surface area contributed by atoms with Crippen molar-refractivity contribution in [1.82, 2.24) is 4.90 Å². The summed E-state index contributed by atoms with van der Waals surface area (Å²) in [6, 6.07) is 3.90. The molecule has 0 aromatic heterocycles. The normalized spacial score (nSPS) is 14.8. The number of hydrogen-bond acceptors (Lipinski definition) is 4. The number of carbonyl (C=O) groups is 1. The van der Waals surface area contributed by atoms with Crippen LogP contribution in [0.5, 0.6) is 11.5 Å². The SMILES string of the molecule is COc1cc2c(cc1OC)CC(=O)N(CCCN)CC2. The lowest BCUT2D eigenvalue weighted by atomic mass is 10.0. The standard InChI is InChI=1S/C15H22N2O3/c1-19-13-8-11-4-7-17(6-3-5-16)15(18)10-12(11)9-14(13)20-2/h8-9H,3-7,10,16H2,1-2H3. The van der Waals surface area contributed by atoms with Crippen molar-refractivity contribution in [3.05, 3.63) is 23.3 Å². The molecule has 1 aromatic carbocycles. The Labute approximate surface area is 119 Å². The number of rotatable bonds is 5. The predicted molar refractivity (Wildman–Crippen MR) is 77.2 cm³/mol. The summed E-state index contributed by atoms with van der Waals surface area (Å²) in [6.45, 7) is 2.08. The van der Waals surface area contributed by atoms with Gasteiger partial charge in [0.05, 0.1) is 20.6 Å². The van der Waals surface area contributed by atoms with Crippen LogP contribution < -0.4 is 15.2 Å². The Morgan fingerprint density at radius 2 is 1.85 bits per heavy atom. The third kappa shape index (κ3) is 3.04. The third-order valence-electron chi connectivity index (χ3n) is 3.68. The maximum atomic E-state index is 12.3. The lowest BCUT2D eigenvalue weighted by molar-refractivity contribution is -0.130. The van der Waals surface area contributed by atoms with Gasteiger partial charge in [-0.25, -0.2) is 0 Å². The van der Waals surface area contributed by atoms with E-state index in [0.29, 0.717) is 24.5 Å². The van der Waals surface area contributed by atoms with E-state index in [0.717, 1.165) is 37.1 Å². The molecule has 2 rings (SSSR count). The lowest BCUT2D eigenvalue weighted by Gasteiger charge is -2.19. The molecule has 110 valence electrons. The molecule has 5 heteroatoms. The highest BCUT2D eigenvalue weighted by atomic mass is 16.5. The molecular formula is C15H22N2O3. The smallest absolute Gasteiger partial charge is 0.227 e. The van der Waals surface area contributed by atoms with Gasteiger partial charge in [-0.1, -0.05) is 0 Å². The zero-order chi connectivity index (χ0) is 14.5. The number of nitrogens with zero attached hydrogens (tertiary/aromatic N) is 1. The molecule has 1 heterocycles. The highest BCUT2D eigenvalue weighted by molar-refractivity contribution is 5.80. The number of benzene rings is 1. The van der Waals surface area contributed by atoms with E-state index in [9.17, 15) is 4.79 Å². The van der Waals surface area contributed by atoms with E-state index in [2.05, 4.69) is 0 Å². The Morgan fingerprint density at radius 3 is 2.45 bits per heavy atom. The minimum Gasteiger partial charge on any atom is -0.493 e. The second-order valence-corrected chi connectivity index (χ2v) is 4.93. The van der Waals surface area contributed by atoms with Crippen molar-refractivity contribution in [3.63, 3.8) is 0 Å². The van der Waals surface area contributed by atoms with Crippen molar-refractivity contribution in [2.75, 3.05) is 33.9 Å². The van der Waals surface area contributed by atoms with Crippen LogP contribution in [0.4, 0.5) is 0 Å². The zero-order valence-corrected chi connectivity index (χ0v) is 12.1. The number of ether oxygens (including phenoxy) is 2. The van der Waals surface area contributed by atoms with Crippen LogP contribution in [0, 0.1) is 0 Å². The molecule has 0 unspecified atom stereocenters. The lowest BCUT2D eigenvalue weighted by Crippen LogP contribution is -2.34. The average molecular weight is 278 g/mol. The summed E-state index contributed by atoms with van der Waals surface area (Å²) in [5.74, 6) is 1.55. The van der Waals surface area contributed by atoms with Crippen molar-refractivity contribution < 1.29 is 14.3 Å². The molecule has 5 nitrogen and oxygen atoms in total. The molecule has 0 atom stereocenters. The molecule has 1 aromatic rings. The highest BCUT2D eigenvalue weighted by Gasteiger charge is 2.22. The van der Waals surface area contributed by atoms with Gasteiger partial charge in [0.1, 0.15) is 0 Å². The van der Waals surface area contributed by atoms with Crippen LogP contribution in [0.15, 0.2) is 12.1 Å². The molecule has 0 fully saturated rings.